The number of nitrogens with one attached hydrogen (secondary N) is 1. The highest BCUT2D eigenvalue weighted by atomic mass is 16.1. The van der Waals surface area contributed by atoms with Crippen molar-refractivity contribution in [2.75, 3.05) is 13.1 Å². The van der Waals surface area contributed by atoms with Gasteiger partial charge in [0.05, 0.1) is 30.4 Å². The van der Waals surface area contributed by atoms with Gasteiger partial charge >= 0.3 is 0 Å². The molecular weight excluding hydrogens is 378 g/mol. The van der Waals surface area contributed by atoms with Crippen LogP contribution in [0.5, 0.6) is 0 Å². The summed E-state index contributed by atoms with van der Waals surface area (Å²) in [6.45, 7) is 1.98. The van der Waals surface area contributed by atoms with E-state index in [0.717, 1.165) is 53.7 Å². The fourth-order valence-corrected chi connectivity index (χ4v) is 3.94. The molecule has 0 spiro atoms. The lowest BCUT2D eigenvalue weighted by molar-refractivity contribution is 0.0992. The van der Waals surface area contributed by atoms with Crippen LogP contribution in [0.4, 0.5) is 0 Å². The summed E-state index contributed by atoms with van der Waals surface area (Å²) >= 11 is 0. The van der Waals surface area contributed by atoms with Gasteiger partial charge in [0.15, 0.2) is 5.78 Å². The first-order valence-corrected chi connectivity index (χ1v) is 10.2. The van der Waals surface area contributed by atoms with Gasteiger partial charge in [-0.2, -0.15) is 5.10 Å². The summed E-state index contributed by atoms with van der Waals surface area (Å²) in [5.74, 6) is 0.0344. The number of aromatic nitrogens is 6. The standard InChI is InChI=1S/C22H23N7O/c1-28-14-21(26-27-28)15-2-3-16-11-24-19(9-17(16)8-15)10-22(30)18-12-25-29(13-18)20-4-6-23-7-5-20/h2-3,8-9,11-14,20,23H,4-7,10H2,1H3. The third-order valence-electron chi connectivity index (χ3n) is 5.62. The first-order chi connectivity index (χ1) is 14.7. The van der Waals surface area contributed by atoms with Gasteiger partial charge in [0.1, 0.15) is 5.69 Å². The second-order valence-corrected chi connectivity index (χ2v) is 7.81. The number of ketones is 1. The molecule has 0 bridgehead atoms. The minimum Gasteiger partial charge on any atom is -0.317 e. The molecule has 0 aliphatic carbocycles. The number of piperidine rings is 1. The molecule has 0 amide bonds. The van der Waals surface area contributed by atoms with E-state index in [0.29, 0.717) is 11.6 Å². The Balaban J connectivity index is 1.35. The zero-order chi connectivity index (χ0) is 20.5. The Morgan fingerprint density at radius 1 is 1.13 bits per heavy atom. The number of fused-ring (bicyclic) bond motifs is 1. The van der Waals surface area contributed by atoms with Gasteiger partial charge in [-0.15, -0.1) is 5.10 Å². The van der Waals surface area contributed by atoms with Crippen molar-refractivity contribution in [2.24, 2.45) is 7.05 Å². The van der Waals surface area contributed by atoms with Crippen LogP contribution in [0.1, 0.15) is 34.9 Å². The largest absolute Gasteiger partial charge is 0.317 e. The molecule has 1 fully saturated rings. The first-order valence-electron chi connectivity index (χ1n) is 10.2. The van der Waals surface area contributed by atoms with Crippen LogP contribution in [0.3, 0.4) is 0 Å². The van der Waals surface area contributed by atoms with Crippen molar-refractivity contribution in [3.63, 3.8) is 0 Å². The molecule has 8 nitrogen and oxygen atoms in total. The third kappa shape index (κ3) is 3.73. The van der Waals surface area contributed by atoms with Gasteiger partial charge in [-0.25, -0.2) is 0 Å². The van der Waals surface area contributed by atoms with Gasteiger partial charge in [-0.1, -0.05) is 17.3 Å². The highest BCUT2D eigenvalue weighted by Crippen LogP contribution is 2.23. The molecule has 3 aromatic heterocycles. The van der Waals surface area contributed by atoms with E-state index in [1.807, 2.05) is 48.5 Å². The van der Waals surface area contributed by atoms with Gasteiger partial charge in [0, 0.05) is 36.1 Å². The van der Waals surface area contributed by atoms with Crippen molar-refractivity contribution < 1.29 is 4.79 Å². The van der Waals surface area contributed by atoms with E-state index in [4.69, 9.17) is 0 Å². The van der Waals surface area contributed by atoms with Crippen molar-refractivity contribution in [1.29, 1.82) is 0 Å². The smallest absolute Gasteiger partial charge is 0.171 e. The quantitative estimate of drug-likeness (QED) is 0.517. The normalized spacial score (nSPS) is 15.0. The maximum Gasteiger partial charge on any atom is 0.171 e. The average Bonchev–Trinajstić information content (AvgIpc) is 3.43. The summed E-state index contributed by atoms with van der Waals surface area (Å²) in [6.07, 6.45) is 9.58. The van der Waals surface area contributed by atoms with Gasteiger partial charge in [0.25, 0.3) is 0 Å². The number of hydrogen-bond donors (Lipinski definition) is 1. The van der Waals surface area contributed by atoms with Crippen molar-refractivity contribution >= 4 is 16.6 Å². The van der Waals surface area contributed by atoms with E-state index >= 15 is 0 Å². The Bertz CT molecular complexity index is 1200. The highest BCUT2D eigenvalue weighted by molar-refractivity contribution is 5.97. The number of nitrogens with zero attached hydrogens (tertiary/aromatic N) is 6. The molecule has 0 radical (unpaired) electrons. The first kappa shape index (κ1) is 18.6. The maximum absolute atomic E-state index is 12.8. The number of carbonyl (C=O) groups is 1. The van der Waals surface area contributed by atoms with Crippen LogP contribution in [-0.2, 0) is 13.5 Å². The van der Waals surface area contributed by atoms with Crippen LogP contribution in [0.15, 0.2) is 49.1 Å². The Morgan fingerprint density at radius 2 is 2.00 bits per heavy atom. The maximum atomic E-state index is 12.8. The Morgan fingerprint density at radius 3 is 2.80 bits per heavy atom. The fourth-order valence-electron chi connectivity index (χ4n) is 3.94. The van der Waals surface area contributed by atoms with E-state index < -0.39 is 0 Å². The molecule has 1 aliphatic rings. The number of pyridine rings is 1. The monoisotopic (exact) mass is 401 g/mol. The molecular formula is C22H23N7O. The molecule has 0 atom stereocenters. The lowest BCUT2D eigenvalue weighted by atomic mass is 10.0. The Hall–Kier alpha value is -3.39. The van der Waals surface area contributed by atoms with Crippen LogP contribution in [-0.4, -0.2) is 48.6 Å². The molecule has 0 saturated carbocycles. The van der Waals surface area contributed by atoms with Crippen LogP contribution in [0.25, 0.3) is 22.0 Å². The summed E-state index contributed by atoms with van der Waals surface area (Å²) < 4.78 is 3.62. The second kappa shape index (κ2) is 7.79. The molecule has 1 saturated heterocycles. The number of Topliss-reactive ketones (excluding diaryl/α,β-unsaturated/α-hetero) is 1. The number of carbonyl (C=O) groups excluding carboxylic acids is 1. The molecule has 4 aromatic rings. The molecule has 152 valence electrons. The summed E-state index contributed by atoms with van der Waals surface area (Å²) in [5.41, 5.74) is 3.20. The molecule has 8 heteroatoms. The van der Waals surface area contributed by atoms with E-state index in [1.54, 1.807) is 10.9 Å². The predicted octanol–water partition coefficient (Wildman–Crippen LogP) is 2.58. The van der Waals surface area contributed by atoms with Gasteiger partial charge in [-0.05, 0) is 43.5 Å². The minimum absolute atomic E-state index is 0.0344. The summed E-state index contributed by atoms with van der Waals surface area (Å²) in [5, 5.41) is 18.0. The van der Waals surface area contributed by atoms with E-state index in [2.05, 4.69) is 31.8 Å². The highest BCUT2D eigenvalue weighted by Gasteiger charge is 2.18. The third-order valence-corrected chi connectivity index (χ3v) is 5.62. The van der Waals surface area contributed by atoms with Crippen LogP contribution >= 0.6 is 0 Å². The summed E-state index contributed by atoms with van der Waals surface area (Å²) in [4.78, 5) is 17.3. The van der Waals surface area contributed by atoms with Crippen LogP contribution < -0.4 is 5.32 Å². The molecule has 4 heterocycles. The molecule has 1 aliphatic heterocycles. The van der Waals surface area contributed by atoms with Gasteiger partial charge in [-0.3, -0.25) is 19.1 Å². The molecule has 1 N–H and O–H groups in total. The lowest BCUT2D eigenvalue weighted by Crippen LogP contribution is -2.29. The van der Waals surface area contributed by atoms with Crippen molar-refractivity contribution in [1.82, 2.24) is 35.1 Å². The number of rotatable bonds is 5. The predicted molar refractivity (Wildman–Crippen MR) is 113 cm³/mol. The average molecular weight is 401 g/mol. The van der Waals surface area contributed by atoms with Crippen LogP contribution in [0.2, 0.25) is 0 Å². The topological polar surface area (TPSA) is 90.5 Å². The number of aryl methyl sites for hydroxylation is 1. The second-order valence-electron chi connectivity index (χ2n) is 7.81. The Kier molecular flexibility index (Phi) is 4.84. The summed E-state index contributed by atoms with van der Waals surface area (Å²) in [7, 11) is 1.85. The zero-order valence-corrected chi connectivity index (χ0v) is 16.8. The Labute approximate surface area is 173 Å². The minimum atomic E-state index is 0.0344. The molecule has 1 aromatic carbocycles. The van der Waals surface area contributed by atoms with E-state index in [-0.39, 0.29) is 12.2 Å². The van der Waals surface area contributed by atoms with Crippen molar-refractivity contribution in [3.8, 4) is 11.3 Å². The van der Waals surface area contributed by atoms with Gasteiger partial charge in [0.2, 0.25) is 0 Å². The van der Waals surface area contributed by atoms with Crippen molar-refractivity contribution in [3.05, 3.63) is 60.3 Å². The zero-order valence-electron chi connectivity index (χ0n) is 16.8. The lowest BCUT2D eigenvalue weighted by Gasteiger charge is -2.22. The summed E-state index contributed by atoms with van der Waals surface area (Å²) in [6, 6.07) is 8.43. The van der Waals surface area contributed by atoms with Crippen LogP contribution in [0, 0.1) is 0 Å². The van der Waals surface area contributed by atoms with E-state index in [9.17, 15) is 4.79 Å². The number of benzene rings is 1. The molecule has 0 unspecified atom stereocenters. The number of hydrogen-bond acceptors (Lipinski definition) is 6. The molecule has 30 heavy (non-hydrogen) atoms. The van der Waals surface area contributed by atoms with Crippen molar-refractivity contribution in [2.45, 2.75) is 25.3 Å². The van der Waals surface area contributed by atoms with E-state index in [1.165, 1.54) is 0 Å². The van der Waals surface area contributed by atoms with Gasteiger partial charge < -0.3 is 5.32 Å². The SMILES string of the molecule is Cn1cc(-c2ccc3cnc(CC(=O)c4cnn(C5CCNCC5)c4)cc3c2)nn1. The molecule has 5 rings (SSSR count). The fraction of sp³-hybridized carbons (Fsp3) is 0.318.